The second-order valence-electron chi connectivity index (χ2n) is 11.2. The van der Waals surface area contributed by atoms with Gasteiger partial charge < -0.3 is 4.57 Å². The molecule has 0 unspecified atom stereocenters. The third-order valence-corrected chi connectivity index (χ3v) is 10.2. The lowest BCUT2D eigenvalue weighted by Crippen LogP contribution is -1.94. The fourth-order valence-corrected chi connectivity index (χ4v) is 8.47. The maximum absolute atomic E-state index is 4.62. The molecular weight excluding hydrogens is 529 g/mol. The normalized spacial score (nSPS) is 12.3. The predicted octanol–water partition coefficient (Wildman–Crippen LogP) is 11.1. The van der Waals surface area contributed by atoms with Gasteiger partial charge in [0.1, 0.15) is 0 Å². The number of hydrogen-bond acceptors (Lipinski definition) is 2. The van der Waals surface area contributed by atoms with E-state index in [9.17, 15) is 0 Å². The van der Waals surface area contributed by atoms with Gasteiger partial charge in [-0.25, -0.2) is 0 Å². The Balaban J connectivity index is 1.38. The maximum Gasteiger partial charge on any atom is 0.0640 e. The van der Waals surface area contributed by atoms with Gasteiger partial charge in [0.15, 0.2) is 0 Å². The Hall–Kier alpha value is -5.25. The maximum atomic E-state index is 4.62. The number of pyridine rings is 1. The molecule has 0 aliphatic carbocycles. The minimum atomic E-state index is 1.19. The highest BCUT2D eigenvalue weighted by Crippen LogP contribution is 2.46. The topological polar surface area (TPSA) is 17.8 Å². The first kappa shape index (κ1) is 22.4. The minimum Gasteiger partial charge on any atom is -0.308 e. The smallest absolute Gasteiger partial charge is 0.0640 e. The van der Waals surface area contributed by atoms with E-state index >= 15 is 0 Å². The van der Waals surface area contributed by atoms with Crippen molar-refractivity contribution in [3.63, 3.8) is 0 Å². The van der Waals surface area contributed by atoms with E-state index in [-0.39, 0.29) is 0 Å². The molecule has 3 heterocycles. The van der Waals surface area contributed by atoms with Crippen LogP contribution in [0.3, 0.4) is 0 Å². The van der Waals surface area contributed by atoms with E-state index in [0.717, 1.165) is 0 Å². The highest BCUT2D eigenvalue weighted by atomic mass is 32.1. The van der Waals surface area contributed by atoms with Crippen LogP contribution >= 0.6 is 11.3 Å². The number of hydrogen-bond donors (Lipinski definition) is 0. The van der Waals surface area contributed by atoms with Gasteiger partial charge in [-0.3, -0.25) is 4.98 Å². The third-order valence-electron chi connectivity index (χ3n) is 9.02. The summed E-state index contributed by atoms with van der Waals surface area (Å²) in [5.74, 6) is 0. The van der Waals surface area contributed by atoms with Gasteiger partial charge in [0.25, 0.3) is 0 Å². The number of benzene rings is 7. The zero-order valence-corrected chi connectivity index (χ0v) is 23.3. The second-order valence-corrected chi connectivity index (χ2v) is 12.2. The Labute approximate surface area is 245 Å². The van der Waals surface area contributed by atoms with Crippen LogP contribution in [0, 0.1) is 0 Å². The van der Waals surface area contributed by atoms with Crippen molar-refractivity contribution in [2.24, 2.45) is 0 Å². The first-order chi connectivity index (χ1) is 20.8. The Kier molecular flexibility index (Phi) is 4.36. The van der Waals surface area contributed by atoms with Gasteiger partial charge >= 0.3 is 0 Å². The lowest BCUT2D eigenvalue weighted by atomic mass is 9.88. The molecule has 0 spiro atoms. The summed E-state index contributed by atoms with van der Waals surface area (Å²) < 4.78 is 5.10. The van der Waals surface area contributed by atoms with Gasteiger partial charge in [-0.15, -0.1) is 11.3 Å². The lowest BCUT2D eigenvalue weighted by Gasteiger charge is -2.16. The van der Waals surface area contributed by atoms with Crippen molar-refractivity contribution in [1.29, 1.82) is 0 Å². The van der Waals surface area contributed by atoms with Gasteiger partial charge in [-0.1, -0.05) is 97.1 Å². The fraction of sp³-hybridized carbons (Fsp3) is 0. The van der Waals surface area contributed by atoms with Crippen molar-refractivity contribution in [2.75, 3.05) is 0 Å². The van der Waals surface area contributed by atoms with Crippen LogP contribution in [0.2, 0.25) is 0 Å². The zero-order valence-electron chi connectivity index (χ0n) is 22.5. The molecule has 10 rings (SSSR count). The summed E-state index contributed by atoms with van der Waals surface area (Å²) in [4.78, 5) is 4.62. The summed E-state index contributed by atoms with van der Waals surface area (Å²) >= 11 is 1.88. The van der Waals surface area contributed by atoms with E-state index < -0.39 is 0 Å². The highest BCUT2D eigenvalue weighted by molar-refractivity contribution is 7.26. The SMILES string of the molecule is c1ccc(-c2ccc3ccc4c5c(ccc2c35)cc2c4c3cnccc3n2-c2cccc3c2sc2ccccc23)cc1. The minimum absolute atomic E-state index is 1.19. The third kappa shape index (κ3) is 2.85. The van der Waals surface area contributed by atoms with Crippen LogP contribution in [0.1, 0.15) is 0 Å². The van der Waals surface area contributed by atoms with Crippen molar-refractivity contribution in [3.8, 4) is 16.8 Å². The molecule has 7 aromatic carbocycles. The van der Waals surface area contributed by atoms with Gasteiger partial charge in [0.05, 0.1) is 21.4 Å². The largest absolute Gasteiger partial charge is 0.308 e. The predicted molar refractivity (Wildman–Crippen MR) is 181 cm³/mol. The molecule has 0 amide bonds. The molecule has 0 fully saturated rings. The van der Waals surface area contributed by atoms with Gasteiger partial charge in [-0.2, -0.15) is 0 Å². The van der Waals surface area contributed by atoms with Crippen molar-refractivity contribution >= 4 is 85.6 Å². The van der Waals surface area contributed by atoms with Crippen LogP contribution in [-0.2, 0) is 0 Å². The molecule has 0 aliphatic rings. The molecule has 3 heteroatoms. The van der Waals surface area contributed by atoms with Crippen LogP contribution < -0.4 is 0 Å². The molecule has 0 saturated heterocycles. The quantitative estimate of drug-likeness (QED) is 0.196. The van der Waals surface area contributed by atoms with Crippen molar-refractivity contribution in [1.82, 2.24) is 9.55 Å². The van der Waals surface area contributed by atoms with Crippen LogP contribution in [0.5, 0.6) is 0 Å². The molecular formula is C39H22N2S. The monoisotopic (exact) mass is 550 g/mol. The molecule has 0 atom stereocenters. The lowest BCUT2D eigenvalue weighted by molar-refractivity contribution is 1.20. The van der Waals surface area contributed by atoms with E-state index in [4.69, 9.17) is 0 Å². The number of nitrogens with zero attached hydrogens (tertiary/aromatic N) is 2. The van der Waals surface area contributed by atoms with Crippen LogP contribution in [0.25, 0.3) is 91.1 Å². The number of rotatable bonds is 2. The molecule has 42 heavy (non-hydrogen) atoms. The molecule has 0 bridgehead atoms. The summed E-state index contributed by atoms with van der Waals surface area (Å²) in [7, 11) is 0. The summed E-state index contributed by atoms with van der Waals surface area (Å²) in [6.07, 6.45) is 3.97. The standard InChI is InChI=1S/C39H22N2S/c1-2-7-23(8-3-1)26-16-13-24-14-18-30-37-25(15-17-28(26)36(24)37)21-34-38(30)31-22-40-20-19-32(31)41(34)33-11-6-10-29-27-9-4-5-12-35(27)42-39(29)33/h1-22H. The van der Waals surface area contributed by atoms with Crippen molar-refractivity contribution in [2.45, 2.75) is 0 Å². The molecule has 10 aromatic rings. The van der Waals surface area contributed by atoms with E-state index in [1.54, 1.807) is 0 Å². The van der Waals surface area contributed by atoms with Gasteiger partial charge in [-0.05, 0) is 67.7 Å². The van der Waals surface area contributed by atoms with E-state index in [1.165, 1.54) is 91.1 Å². The molecule has 2 nitrogen and oxygen atoms in total. The van der Waals surface area contributed by atoms with Crippen LogP contribution in [-0.4, -0.2) is 9.55 Å². The number of fused-ring (bicyclic) bond motifs is 7. The molecule has 194 valence electrons. The average molecular weight is 551 g/mol. The van der Waals surface area contributed by atoms with Crippen molar-refractivity contribution < 1.29 is 0 Å². The Morgan fingerprint density at radius 3 is 2.26 bits per heavy atom. The van der Waals surface area contributed by atoms with Crippen molar-refractivity contribution in [3.05, 3.63) is 134 Å². The Morgan fingerprint density at radius 2 is 1.31 bits per heavy atom. The summed E-state index contributed by atoms with van der Waals surface area (Å²) in [6.45, 7) is 0. The van der Waals surface area contributed by atoms with E-state index in [0.29, 0.717) is 0 Å². The second kappa shape index (κ2) is 8.16. The van der Waals surface area contributed by atoms with Crippen LogP contribution in [0.4, 0.5) is 0 Å². The summed E-state index contributed by atoms with van der Waals surface area (Å²) in [5, 5.41) is 12.9. The van der Waals surface area contributed by atoms with E-state index in [1.807, 2.05) is 23.7 Å². The molecule has 0 radical (unpaired) electrons. The van der Waals surface area contributed by atoms with Gasteiger partial charge in [0.2, 0.25) is 0 Å². The zero-order chi connectivity index (χ0) is 27.4. The Morgan fingerprint density at radius 1 is 0.524 bits per heavy atom. The molecule has 3 aromatic heterocycles. The summed E-state index contributed by atoms with van der Waals surface area (Å²) in [5.41, 5.74) is 6.15. The number of thiophene rings is 1. The first-order valence-corrected chi connectivity index (χ1v) is 15.1. The fourth-order valence-electron chi connectivity index (χ4n) is 7.26. The molecule has 0 saturated carbocycles. The number of aromatic nitrogens is 2. The average Bonchev–Trinajstić information content (AvgIpc) is 3.59. The highest BCUT2D eigenvalue weighted by Gasteiger charge is 2.21. The Bertz CT molecular complexity index is 2680. The first-order valence-electron chi connectivity index (χ1n) is 14.3. The van der Waals surface area contributed by atoms with E-state index in [2.05, 4.69) is 131 Å². The van der Waals surface area contributed by atoms with Crippen LogP contribution in [0.15, 0.2) is 134 Å². The summed E-state index contributed by atoms with van der Waals surface area (Å²) in [6, 6.07) is 44.6. The molecule has 0 N–H and O–H groups in total. The van der Waals surface area contributed by atoms with Gasteiger partial charge in [0, 0.05) is 38.6 Å². The molecule has 0 aliphatic heterocycles.